The SMILES string of the molecule is COCOc1cc2c(OCOC)c(c1OC)CC(C)OC(=O)c1c(O)cc(O)c(Cl)c1CCC(=O)N2. The maximum atomic E-state index is 13.1. The van der Waals surface area contributed by atoms with Crippen LogP contribution in [0.25, 0.3) is 0 Å². The summed E-state index contributed by atoms with van der Waals surface area (Å²) < 4.78 is 32.7. The number of rotatable bonds is 7. The van der Waals surface area contributed by atoms with Crippen molar-refractivity contribution in [3.63, 3.8) is 0 Å². The minimum absolute atomic E-state index is 0.0723. The van der Waals surface area contributed by atoms with E-state index in [1.54, 1.807) is 6.92 Å². The smallest absolute Gasteiger partial charge is 0.342 e. The van der Waals surface area contributed by atoms with Crippen molar-refractivity contribution >= 4 is 29.2 Å². The molecule has 3 rings (SSSR count). The number of phenolic OH excluding ortho intramolecular Hbond substituents is 2. The van der Waals surface area contributed by atoms with Gasteiger partial charge in [-0.2, -0.15) is 0 Å². The highest BCUT2D eigenvalue weighted by atomic mass is 35.5. The van der Waals surface area contributed by atoms with Crippen LogP contribution in [0.4, 0.5) is 5.69 Å². The first kappa shape index (κ1) is 27.2. The van der Waals surface area contributed by atoms with Crippen LogP contribution >= 0.6 is 11.6 Å². The molecule has 1 atom stereocenters. The number of carbonyl (C=O) groups is 2. The number of esters is 1. The van der Waals surface area contributed by atoms with Gasteiger partial charge in [-0.05, 0) is 18.9 Å². The monoisotopic (exact) mass is 525 g/mol. The number of hydrogen-bond donors (Lipinski definition) is 3. The predicted octanol–water partition coefficient (Wildman–Crippen LogP) is 3.40. The Morgan fingerprint density at radius 1 is 1.00 bits per heavy atom. The maximum absolute atomic E-state index is 13.1. The van der Waals surface area contributed by atoms with Crippen LogP contribution < -0.4 is 19.5 Å². The van der Waals surface area contributed by atoms with Gasteiger partial charge in [0.1, 0.15) is 23.2 Å². The fourth-order valence-corrected chi connectivity index (χ4v) is 4.10. The van der Waals surface area contributed by atoms with E-state index in [0.29, 0.717) is 5.56 Å². The summed E-state index contributed by atoms with van der Waals surface area (Å²) in [5.41, 5.74) is 0.563. The molecule has 0 fully saturated rings. The average Bonchev–Trinajstić information content (AvgIpc) is 2.83. The second-order valence-electron chi connectivity index (χ2n) is 7.92. The van der Waals surface area contributed by atoms with E-state index in [9.17, 15) is 19.8 Å². The number of methoxy groups -OCH3 is 3. The highest BCUT2D eigenvalue weighted by Crippen LogP contribution is 2.45. The molecule has 0 aromatic heterocycles. The lowest BCUT2D eigenvalue weighted by atomic mass is 10.0. The highest BCUT2D eigenvalue weighted by molar-refractivity contribution is 6.33. The average molecular weight is 526 g/mol. The highest BCUT2D eigenvalue weighted by Gasteiger charge is 2.29. The summed E-state index contributed by atoms with van der Waals surface area (Å²) in [7, 11) is 4.34. The summed E-state index contributed by atoms with van der Waals surface area (Å²) in [6, 6.07) is 2.48. The zero-order chi connectivity index (χ0) is 26.4. The Morgan fingerprint density at radius 3 is 2.36 bits per heavy atom. The Morgan fingerprint density at radius 2 is 1.69 bits per heavy atom. The Bertz CT molecular complexity index is 1140. The van der Waals surface area contributed by atoms with Gasteiger partial charge in [-0.3, -0.25) is 4.79 Å². The molecule has 1 aliphatic heterocycles. The van der Waals surface area contributed by atoms with Crippen molar-refractivity contribution < 1.29 is 48.2 Å². The first-order valence-electron chi connectivity index (χ1n) is 10.9. The van der Waals surface area contributed by atoms with E-state index in [1.807, 2.05) is 0 Å². The van der Waals surface area contributed by atoms with Gasteiger partial charge in [0, 0.05) is 44.8 Å². The molecule has 196 valence electrons. The number of hydrogen-bond acceptors (Lipinski definition) is 10. The molecule has 36 heavy (non-hydrogen) atoms. The van der Waals surface area contributed by atoms with Gasteiger partial charge < -0.3 is 44.0 Å². The number of cyclic esters (lactones) is 1. The molecule has 2 bridgehead atoms. The maximum Gasteiger partial charge on any atom is 0.342 e. The second-order valence-corrected chi connectivity index (χ2v) is 8.29. The third-order valence-corrected chi connectivity index (χ3v) is 5.77. The van der Waals surface area contributed by atoms with Crippen LogP contribution in [0.15, 0.2) is 12.1 Å². The number of phenols is 2. The van der Waals surface area contributed by atoms with Gasteiger partial charge in [-0.25, -0.2) is 4.79 Å². The third-order valence-electron chi connectivity index (χ3n) is 5.35. The quantitative estimate of drug-likeness (QED) is 0.363. The molecule has 0 saturated heterocycles. The summed E-state index contributed by atoms with van der Waals surface area (Å²) in [5, 5.41) is 23.1. The lowest BCUT2D eigenvalue weighted by molar-refractivity contribution is -0.116. The molecule has 0 spiro atoms. The molecular formula is C24H28ClNO10. The van der Waals surface area contributed by atoms with Crippen molar-refractivity contribution in [1.82, 2.24) is 0 Å². The Kier molecular flexibility index (Phi) is 9.08. The summed E-state index contributed by atoms with van der Waals surface area (Å²) in [5.74, 6) is -1.49. The van der Waals surface area contributed by atoms with E-state index in [0.717, 1.165) is 6.07 Å². The number of anilines is 1. The summed E-state index contributed by atoms with van der Waals surface area (Å²) >= 11 is 6.23. The van der Waals surface area contributed by atoms with Crippen molar-refractivity contribution in [3.8, 4) is 28.7 Å². The fraction of sp³-hybridized carbons (Fsp3) is 0.417. The predicted molar refractivity (Wildman–Crippen MR) is 128 cm³/mol. The third kappa shape index (κ3) is 5.86. The van der Waals surface area contributed by atoms with Crippen LogP contribution in [0.3, 0.4) is 0 Å². The number of ether oxygens (including phenoxy) is 6. The molecule has 2 aromatic rings. The zero-order valence-electron chi connectivity index (χ0n) is 20.3. The first-order chi connectivity index (χ1) is 17.2. The summed E-state index contributed by atoms with van der Waals surface area (Å²) in [6.45, 7) is 1.40. The molecule has 11 nitrogen and oxygen atoms in total. The molecule has 0 radical (unpaired) electrons. The van der Waals surface area contributed by atoms with Crippen LogP contribution in [0.1, 0.15) is 34.8 Å². The normalized spacial score (nSPS) is 16.0. The van der Waals surface area contributed by atoms with E-state index in [2.05, 4.69) is 5.32 Å². The van der Waals surface area contributed by atoms with Crippen LogP contribution in [-0.4, -0.2) is 63.1 Å². The molecule has 1 heterocycles. The van der Waals surface area contributed by atoms with Crippen molar-refractivity contribution in [2.24, 2.45) is 0 Å². The van der Waals surface area contributed by atoms with Crippen LogP contribution in [-0.2, 0) is 31.8 Å². The number of fused-ring (bicyclic) bond motifs is 3. The fourth-order valence-electron chi connectivity index (χ4n) is 3.86. The first-order valence-corrected chi connectivity index (χ1v) is 11.3. The number of benzene rings is 2. The minimum atomic E-state index is -0.873. The Balaban J connectivity index is 2.17. The largest absolute Gasteiger partial charge is 0.507 e. The van der Waals surface area contributed by atoms with Gasteiger partial charge in [-0.1, -0.05) is 11.6 Å². The molecule has 1 aliphatic rings. The van der Waals surface area contributed by atoms with Crippen LogP contribution in [0.2, 0.25) is 5.02 Å². The van der Waals surface area contributed by atoms with E-state index in [4.69, 9.17) is 40.0 Å². The van der Waals surface area contributed by atoms with E-state index >= 15 is 0 Å². The molecule has 0 saturated carbocycles. The number of carbonyl (C=O) groups excluding carboxylic acids is 2. The van der Waals surface area contributed by atoms with Crippen molar-refractivity contribution in [2.75, 3.05) is 40.2 Å². The summed E-state index contributed by atoms with van der Waals surface area (Å²) in [4.78, 5) is 26.0. The van der Waals surface area contributed by atoms with E-state index in [-0.39, 0.29) is 71.9 Å². The van der Waals surface area contributed by atoms with Gasteiger partial charge in [0.05, 0.1) is 17.8 Å². The molecule has 2 aromatic carbocycles. The molecule has 0 aliphatic carbocycles. The van der Waals surface area contributed by atoms with Crippen LogP contribution in [0, 0.1) is 0 Å². The van der Waals surface area contributed by atoms with Crippen molar-refractivity contribution in [1.29, 1.82) is 0 Å². The molecule has 1 amide bonds. The zero-order valence-corrected chi connectivity index (χ0v) is 21.1. The van der Waals surface area contributed by atoms with Crippen molar-refractivity contribution in [2.45, 2.75) is 32.3 Å². The standard InChI is InChI=1S/C24H28ClNO10/c1-12-7-14-22(35-11-32-3)15(8-18(23(14)33-4)34-10-31-2)26-19(29)6-5-13-20(24(30)36-12)16(27)9-17(28)21(13)25/h8-9,12,27-28H,5-7,10-11H2,1-4H3,(H,26,29). The molecule has 1 unspecified atom stereocenters. The van der Waals surface area contributed by atoms with Crippen molar-refractivity contribution in [3.05, 3.63) is 33.8 Å². The molecule has 3 N–H and O–H groups in total. The van der Waals surface area contributed by atoms with Gasteiger partial charge in [0.15, 0.2) is 30.8 Å². The number of nitrogens with one attached hydrogen (secondary N) is 1. The number of aromatic hydroxyl groups is 2. The van der Waals surface area contributed by atoms with Gasteiger partial charge in [0.25, 0.3) is 0 Å². The lowest BCUT2D eigenvalue weighted by Crippen LogP contribution is -2.20. The van der Waals surface area contributed by atoms with Gasteiger partial charge >= 0.3 is 5.97 Å². The second kappa shape index (κ2) is 12.0. The number of halogens is 1. The van der Waals surface area contributed by atoms with Crippen LogP contribution in [0.5, 0.6) is 28.7 Å². The van der Waals surface area contributed by atoms with Gasteiger partial charge in [0.2, 0.25) is 5.91 Å². The number of amides is 1. The van der Waals surface area contributed by atoms with Gasteiger partial charge in [-0.15, -0.1) is 0 Å². The van der Waals surface area contributed by atoms with E-state index in [1.165, 1.54) is 27.4 Å². The molecular weight excluding hydrogens is 498 g/mol. The molecule has 12 heteroatoms. The summed E-state index contributed by atoms with van der Waals surface area (Å²) in [6.07, 6.45) is -0.922. The Hall–Kier alpha value is -3.41. The lowest BCUT2D eigenvalue weighted by Gasteiger charge is -2.23. The van der Waals surface area contributed by atoms with E-state index < -0.39 is 29.5 Å². The Labute approximate surface area is 212 Å². The minimum Gasteiger partial charge on any atom is -0.507 e. The topological polar surface area (TPSA) is 142 Å².